The topological polar surface area (TPSA) is 42.0 Å². The number of carbonyl (C=O) groups is 1. The van der Waals surface area contributed by atoms with Gasteiger partial charge in [0.15, 0.2) is 5.78 Å². The van der Waals surface area contributed by atoms with Gasteiger partial charge in [0.25, 0.3) is 0 Å². The highest BCUT2D eigenvalue weighted by molar-refractivity contribution is 6.30. The Kier molecular flexibility index (Phi) is 4.53. The Morgan fingerprint density at radius 2 is 1.95 bits per heavy atom. The summed E-state index contributed by atoms with van der Waals surface area (Å²) < 4.78 is 0. The minimum absolute atomic E-state index is 0.0692. The van der Waals surface area contributed by atoms with Crippen molar-refractivity contribution in [3.8, 4) is 0 Å². The zero-order chi connectivity index (χ0) is 14.5. The zero-order valence-electron chi connectivity index (χ0n) is 11.4. The van der Waals surface area contributed by atoms with Crippen LogP contribution in [0.3, 0.4) is 0 Å². The third kappa shape index (κ3) is 3.68. The van der Waals surface area contributed by atoms with Crippen molar-refractivity contribution in [2.75, 3.05) is 5.32 Å². The lowest BCUT2D eigenvalue weighted by molar-refractivity contribution is 0.104. The summed E-state index contributed by atoms with van der Waals surface area (Å²) in [4.78, 5) is 16.3. The van der Waals surface area contributed by atoms with E-state index < -0.39 is 0 Å². The number of halogens is 1. The molecule has 0 amide bonds. The van der Waals surface area contributed by atoms with Gasteiger partial charge >= 0.3 is 0 Å². The van der Waals surface area contributed by atoms with E-state index in [0.29, 0.717) is 10.6 Å². The third-order valence-electron chi connectivity index (χ3n) is 2.80. The van der Waals surface area contributed by atoms with Crippen molar-refractivity contribution in [1.82, 2.24) is 4.98 Å². The van der Waals surface area contributed by atoms with Crippen LogP contribution >= 0.6 is 11.6 Å². The Labute approximate surface area is 123 Å². The summed E-state index contributed by atoms with van der Waals surface area (Å²) in [6, 6.07) is 10.7. The molecule has 0 saturated carbocycles. The number of hydrogen-bond acceptors (Lipinski definition) is 3. The minimum atomic E-state index is -0.0692. The van der Waals surface area contributed by atoms with Crippen molar-refractivity contribution < 1.29 is 4.79 Å². The summed E-state index contributed by atoms with van der Waals surface area (Å²) in [5, 5.41) is 3.74. The average Bonchev–Trinajstić information content (AvgIpc) is 2.42. The largest absolute Gasteiger partial charge is 0.344 e. The number of nitrogens with zero attached hydrogens (tertiary/aromatic N) is 1. The van der Waals surface area contributed by atoms with E-state index in [1.165, 1.54) is 0 Å². The number of rotatable bonds is 4. The second kappa shape index (κ2) is 6.35. The summed E-state index contributed by atoms with van der Waals surface area (Å²) in [7, 11) is 0. The van der Waals surface area contributed by atoms with Gasteiger partial charge in [-0.2, -0.15) is 0 Å². The maximum absolute atomic E-state index is 12.1. The smallest absolute Gasteiger partial charge is 0.187 e. The lowest BCUT2D eigenvalue weighted by Crippen LogP contribution is -2.03. The van der Waals surface area contributed by atoms with Crippen molar-refractivity contribution >= 4 is 23.2 Å². The number of allylic oxidation sites excluding steroid dienone is 2. The van der Waals surface area contributed by atoms with Gasteiger partial charge in [-0.1, -0.05) is 17.7 Å². The molecule has 1 aromatic heterocycles. The quantitative estimate of drug-likeness (QED) is 0.675. The monoisotopic (exact) mass is 286 g/mol. The standard InChI is InChI=1S/C16H15ClN2O/c1-11-4-3-9-18-16(11)19-12(2)10-15(20)13-5-7-14(17)8-6-13/h3-10H,1-2H3,(H,18,19)/b12-10+. The molecule has 102 valence electrons. The van der Waals surface area contributed by atoms with Crippen LogP contribution in [0.25, 0.3) is 0 Å². The summed E-state index contributed by atoms with van der Waals surface area (Å²) >= 11 is 5.80. The highest BCUT2D eigenvalue weighted by atomic mass is 35.5. The summed E-state index contributed by atoms with van der Waals surface area (Å²) in [5.41, 5.74) is 2.37. The van der Waals surface area contributed by atoms with E-state index in [1.54, 1.807) is 36.5 Å². The molecule has 2 rings (SSSR count). The third-order valence-corrected chi connectivity index (χ3v) is 3.05. The van der Waals surface area contributed by atoms with Crippen LogP contribution in [0, 0.1) is 6.92 Å². The van der Waals surface area contributed by atoms with Crippen LogP contribution in [-0.4, -0.2) is 10.8 Å². The number of benzene rings is 1. The molecule has 0 saturated heterocycles. The SMILES string of the molecule is C/C(=C\C(=O)c1ccc(Cl)cc1)Nc1ncccc1C. The first kappa shape index (κ1) is 14.3. The van der Waals surface area contributed by atoms with E-state index in [1.807, 2.05) is 26.0 Å². The van der Waals surface area contributed by atoms with Gasteiger partial charge in [0.05, 0.1) is 0 Å². The molecule has 0 fully saturated rings. The lowest BCUT2D eigenvalue weighted by Gasteiger charge is -2.08. The highest BCUT2D eigenvalue weighted by Crippen LogP contribution is 2.14. The molecule has 20 heavy (non-hydrogen) atoms. The van der Waals surface area contributed by atoms with Crippen molar-refractivity contribution in [3.63, 3.8) is 0 Å². The lowest BCUT2D eigenvalue weighted by atomic mass is 10.1. The van der Waals surface area contributed by atoms with Crippen LogP contribution in [0.4, 0.5) is 5.82 Å². The van der Waals surface area contributed by atoms with Crippen LogP contribution in [0.2, 0.25) is 5.02 Å². The number of anilines is 1. The molecule has 1 N–H and O–H groups in total. The van der Waals surface area contributed by atoms with Crippen molar-refractivity contribution in [2.45, 2.75) is 13.8 Å². The van der Waals surface area contributed by atoms with Crippen molar-refractivity contribution in [3.05, 3.63) is 70.5 Å². The molecular formula is C16H15ClN2O. The molecule has 0 aliphatic carbocycles. The Bertz CT molecular complexity index is 648. The van der Waals surface area contributed by atoms with Gasteiger partial charge in [0.1, 0.15) is 5.82 Å². The normalized spacial score (nSPS) is 11.2. The van der Waals surface area contributed by atoms with Crippen LogP contribution in [0.1, 0.15) is 22.8 Å². The minimum Gasteiger partial charge on any atom is -0.344 e. The average molecular weight is 287 g/mol. The van der Waals surface area contributed by atoms with Gasteiger partial charge in [-0.05, 0) is 49.7 Å². The van der Waals surface area contributed by atoms with E-state index in [9.17, 15) is 4.79 Å². The summed E-state index contributed by atoms with van der Waals surface area (Å²) in [5.74, 6) is 0.686. The number of pyridine rings is 1. The summed E-state index contributed by atoms with van der Waals surface area (Å²) in [6.07, 6.45) is 3.26. The predicted molar refractivity (Wildman–Crippen MR) is 82.1 cm³/mol. The highest BCUT2D eigenvalue weighted by Gasteiger charge is 2.04. The van der Waals surface area contributed by atoms with Crippen molar-refractivity contribution in [2.24, 2.45) is 0 Å². The molecule has 0 aliphatic rings. The van der Waals surface area contributed by atoms with Crippen LogP contribution in [0.15, 0.2) is 54.4 Å². The summed E-state index contributed by atoms with van der Waals surface area (Å²) in [6.45, 7) is 3.80. The van der Waals surface area contributed by atoms with Crippen LogP contribution < -0.4 is 5.32 Å². The number of hydrogen-bond donors (Lipinski definition) is 1. The Balaban J connectivity index is 2.12. The molecule has 3 nitrogen and oxygen atoms in total. The molecular weight excluding hydrogens is 272 g/mol. The molecule has 0 atom stereocenters. The number of carbonyl (C=O) groups excluding carboxylic acids is 1. The Hall–Kier alpha value is -2.13. The number of nitrogens with one attached hydrogen (secondary N) is 1. The molecule has 1 aromatic carbocycles. The van der Waals surface area contributed by atoms with Gasteiger partial charge in [0, 0.05) is 28.6 Å². The van der Waals surface area contributed by atoms with E-state index in [4.69, 9.17) is 11.6 Å². The fraction of sp³-hybridized carbons (Fsp3) is 0.125. The molecule has 2 aromatic rings. The number of aryl methyl sites for hydroxylation is 1. The molecule has 0 bridgehead atoms. The van der Waals surface area contributed by atoms with Crippen molar-refractivity contribution in [1.29, 1.82) is 0 Å². The fourth-order valence-corrected chi connectivity index (χ4v) is 1.86. The number of ketones is 1. The zero-order valence-corrected chi connectivity index (χ0v) is 12.1. The van der Waals surface area contributed by atoms with E-state index in [2.05, 4.69) is 10.3 Å². The Morgan fingerprint density at radius 3 is 2.60 bits per heavy atom. The van der Waals surface area contributed by atoms with Crippen LogP contribution in [-0.2, 0) is 0 Å². The van der Waals surface area contributed by atoms with Gasteiger partial charge in [-0.3, -0.25) is 4.79 Å². The second-order valence-electron chi connectivity index (χ2n) is 4.49. The Morgan fingerprint density at radius 1 is 1.25 bits per heavy atom. The van der Waals surface area contributed by atoms with Gasteiger partial charge in [-0.25, -0.2) is 4.98 Å². The predicted octanol–water partition coefficient (Wildman–Crippen LogP) is 4.24. The number of aromatic nitrogens is 1. The van der Waals surface area contributed by atoms with E-state index >= 15 is 0 Å². The molecule has 0 spiro atoms. The van der Waals surface area contributed by atoms with E-state index in [0.717, 1.165) is 17.1 Å². The molecule has 4 heteroatoms. The van der Waals surface area contributed by atoms with Gasteiger partial charge < -0.3 is 5.32 Å². The maximum atomic E-state index is 12.1. The molecule has 0 aliphatic heterocycles. The molecule has 0 unspecified atom stereocenters. The first-order valence-corrected chi connectivity index (χ1v) is 6.61. The molecule has 1 heterocycles. The molecule has 0 radical (unpaired) electrons. The maximum Gasteiger partial charge on any atom is 0.187 e. The van der Waals surface area contributed by atoms with Crippen LogP contribution in [0.5, 0.6) is 0 Å². The van der Waals surface area contributed by atoms with E-state index in [-0.39, 0.29) is 5.78 Å². The fourth-order valence-electron chi connectivity index (χ4n) is 1.73. The van der Waals surface area contributed by atoms with Gasteiger partial charge in [0.2, 0.25) is 0 Å². The first-order valence-electron chi connectivity index (χ1n) is 6.23. The first-order chi connectivity index (χ1) is 9.56. The second-order valence-corrected chi connectivity index (χ2v) is 4.93. The van der Waals surface area contributed by atoms with Gasteiger partial charge in [-0.15, -0.1) is 0 Å².